The van der Waals surface area contributed by atoms with E-state index in [0.29, 0.717) is 36.4 Å². The molecular formula is C25H36N4O5. The van der Waals surface area contributed by atoms with Gasteiger partial charge >= 0.3 is 6.03 Å². The third-order valence-corrected chi connectivity index (χ3v) is 7.36. The van der Waals surface area contributed by atoms with Crippen molar-refractivity contribution in [2.75, 3.05) is 40.4 Å². The van der Waals surface area contributed by atoms with Gasteiger partial charge in [0.1, 0.15) is 6.04 Å². The molecule has 3 aliphatic heterocycles. The molecule has 3 aliphatic rings. The highest BCUT2D eigenvalue weighted by Crippen LogP contribution is 2.30. The summed E-state index contributed by atoms with van der Waals surface area (Å²) in [5, 5.41) is 5.70. The zero-order valence-electron chi connectivity index (χ0n) is 20.2. The number of carbonyl (C=O) groups excluding carboxylic acids is 3. The van der Waals surface area contributed by atoms with Gasteiger partial charge in [-0.3, -0.25) is 14.5 Å². The standard InChI is InChI=1S/C25H36N4O5/c1-33-21-9-8-17(14-22(21)34-2)10-13-29-24(31)19(27-25(29)32)15-23(30)26-16-18-6-5-12-28-11-4-3-7-20(18)28/h8-9,14,18-20H,3-7,10-13,15-16H2,1-2H3,(H,26,30)(H,27,32)/t18-,19+,20+/m0/s1. The Bertz CT molecular complexity index is 905. The zero-order chi connectivity index (χ0) is 24.1. The van der Waals surface area contributed by atoms with Gasteiger partial charge in [0.15, 0.2) is 11.5 Å². The summed E-state index contributed by atoms with van der Waals surface area (Å²) in [6, 6.07) is 4.81. The van der Waals surface area contributed by atoms with Gasteiger partial charge in [0.05, 0.1) is 20.6 Å². The molecule has 3 saturated heterocycles. The van der Waals surface area contributed by atoms with Crippen LogP contribution < -0.4 is 20.1 Å². The van der Waals surface area contributed by atoms with Gasteiger partial charge in [-0.1, -0.05) is 12.5 Å². The smallest absolute Gasteiger partial charge is 0.324 e. The molecule has 4 amide bonds. The number of nitrogens with one attached hydrogen (secondary N) is 2. The second-order valence-corrected chi connectivity index (χ2v) is 9.44. The third-order valence-electron chi connectivity index (χ3n) is 7.36. The van der Waals surface area contributed by atoms with Gasteiger partial charge in [0.2, 0.25) is 5.91 Å². The highest BCUT2D eigenvalue weighted by molar-refractivity contribution is 6.05. The Kier molecular flexibility index (Phi) is 7.92. The molecular weight excluding hydrogens is 436 g/mol. The van der Waals surface area contributed by atoms with Gasteiger partial charge in [-0.15, -0.1) is 0 Å². The number of piperidine rings is 2. The Hall–Kier alpha value is -2.81. The number of carbonyl (C=O) groups is 3. The van der Waals surface area contributed by atoms with Crippen LogP contribution in [-0.2, 0) is 16.0 Å². The van der Waals surface area contributed by atoms with Gasteiger partial charge in [-0.25, -0.2) is 4.79 Å². The molecule has 3 fully saturated rings. The van der Waals surface area contributed by atoms with Crippen LogP contribution in [0.25, 0.3) is 0 Å². The van der Waals surface area contributed by atoms with Crippen molar-refractivity contribution in [2.45, 2.75) is 57.0 Å². The largest absolute Gasteiger partial charge is 0.493 e. The van der Waals surface area contributed by atoms with Crippen LogP contribution in [0.1, 0.15) is 44.1 Å². The van der Waals surface area contributed by atoms with E-state index in [9.17, 15) is 14.4 Å². The van der Waals surface area contributed by atoms with Crippen molar-refractivity contribution in [3.63, 3.8) is 0 Å². The number of ether oxygens (including phenoxy) is 2. The molecule has 0 aliphatic carbocycles. The normalized spacial score (nSPS) is 25.0. The Morgan fingerprint density at radius 1 is 1.09 bits per heavy atom. The topological polar surface area (TPSA) is 100 Å². The Labute approximate surface area is 201 Å². The van der Waals surface area contributed by atoms with E-state index in [4.69, 9.17) is 9.47 Å². The lowest BCUT2D eigenvalue weighted by Gasteiger charge is -2.44. The molecule has 0 bridgehead atoms. The van der Waals surface area contributed by atoms with Crippen LogP contribution in [0.15, 0.2) is 18.2 Å². The molecule has 1 aromatic rings. The first-order valence-electron chi connectivity index (χ1n) is 12.3. The first-order valence-corrected chi connectivity index (χ1v) is 12.3. The van der Waals surface area contributed by atoms with Gasteiger partial charge in [-0.05, 0) is 68.8 Å². The fraction of sp³-hybridized carbons (Fsp3) is 0.640. The number of nitrogens with zero attached hydrogens (tertiary/aromatic N) is 2. The monoisotopic (exact) mass is 472 g/mol. The Balaban J connectivity index is 1.26. The highest BCUT2D eigenvalue weighted by Gasteiger charge is 2.39. The first-order chi connectivity index (χ1) is 16.5. The fourth-order valence-electron chi connectivity index (χ4n) is 5.52. The van der Waals surface area contributed by atoms with E-state index in [2.05, 4.69) is 15.5 Å². The van der Waals surface area contributed by atoms with Gasteiger partial charge in [0.25, 0.3) is 5.91 Å². The maximum absolute atomic E-state index is 12.8. The average molecular weight is 473 g/mol. The van der Waals surface area contributed by atoms with Gasteiger partial charge < -0.3 is 25.0 Å². The molecule has 0 aromatic heterocycles. The molecule has 3 heterocycles. The van der Waals surface area contributed by atoms with Gasteiger partial charge in [-0.2, -0.15) is 0 Å². The summed E-state index contributed by atoms with van der Waals surface area (Å²) in [5.74, 6) is 1.15. The predicted octanol–water partition coefficient (Wildman–Crippen LogP) is 1.94. The molecule has 34 heavy (non-hydrogen) atoms. The summed E-state index contributed by atoms with van der Waals surface area (Å²) in [4.78, 5) is 41.6. The second-order valence-electron chi connectivity index (χ2n) is 9.44. The van der Waals surface area contributed by atoms with E-state index < -0.39 is 12.1 Å². The molecule has 0 unspecified atom stereocenters. The first kappa shape index (κ1) is 24.3. The lowest BCUT2D eigenvalue weighted by Crippen LogP contribution is -2.51. The molecule has 9 heteroatoms. The van der Waals surface area contributed by atoms with Crippen LogP contribution >= 0.6 is 0 Å². The quantitative estimate of drug-likeness (QED) is 0.533. The van der Waals surface area contributed by atoms with Crippen LogP contribution in [0.4, 0.5) is 4.79 Å². The van der Waals surface area contributed by atoms with E-state index in [0.717, 1.165) is 25.1 Å². The van der Waals surface area contributed by atoms with E-state index in [1.54, 1.807) is 20.3 Å². The van der Waals surface area contributed by atoms with Crippen molar-refractivity contribution < 1.29 is 23.9 Å². The van der Waals surface area contributed by atoms with E-state index >= 15 is 0 Å². The van der Waals surface area contributed by atoms with E-state index in [1.807, 2.05) is 12.1 Å². The number of hydrogen-bond acceptors (Lipinski definition) is 6. The van der Waals surface area contributed by atoms with Crippen LogP contribution in [0.2, 0.25) is 0 Å². The predicted molar refractivity (Wildman–Crippen MR) is 127 cm³/mol. The van der Waals surface area contributed by atoms with E-state index in [1.165, 1.54) is 30.6 Å². The molecule has 4 rings (SSSR count). The number of imide groups is 1. The summed E-state index contributed by atoms with van der Waals surface area (Å²) >= 11 is 0. The maximum Gasteiger partial charge on any atom is 0.324 e. The maximum atomic E-state index is 12.8. The van der Waals surface area contributed by atoms with E-state index in [-0.39, 0.29) is 24.8 Å². The van der Waals surface area contributed by atoms with Crippen LogP contribution in [0.3, 0.4) is 0 Å². The highest BCUT2D eigenvalue weighted by atomic mass is 16.5. The number of urea groups is 1. The number of rotatable bonds is 9. The van der Waals surface area contributed by atoms with Crippen LogP contribution in [0.5, 0.6) is 11.5 Å². The molecule has 1 aromatic carbocycles. The Morgan fingerprint density at radius 2 is 1.88 bits per heavy atom. The number of methoxy groups -OCH3 is 2. The average Bonchev–Trinajstić information content (AvgIpc) is 3.12. The summed E-state index contributed by atoms with van der Waals surface area (Å²) in [6.45, 7) is 3.20. The van der Waals surface area contributed by atoms with Crippen LogP contribution in [-0.4, -0.2) is 80.1 Å². The van der Waals surface area contributed by atoms with Crippen molar-refractivity contribution in [2.24, 2.45) is 5.92 Å². The molecule has 2 N–H and O–H groups in total. The number of fused-ring (bicyclic) bond motifs is 1. The summed E-state index contributed by atoms with van der Waals surface area (Å²) in [6.07, 6.45) is 6.48. The van der Waals surface area contributed by atoms with Crippen molar-refractivity contribution in [1.82, 2.24) is 20.4 Å². The molecule has 0 saturated carbocycles. The number of benzene rings is 1. The lowest BCUT2D eigenvalue weighted by atomic mass is 9.83. The minimum Gasteiger partial charge on any atom is -0.493 e. The lowest BCUT2D eigenvalue weighted by molar-refractivity contribution is -0.131. The molecule has 3 atom stereocenters. The number of amides is 4. The SMILES string of the molecule is COc1ccc(CCN2C(=O)N[C@H](CC(=O)NC[C@@H]3CCCN4CCCC[C@H]34)C2=O)cc1OC. The molecule has 0 radical (unpaired) electrons. The number of hydrogen-bond donors (Lipinski definition) is 2. The summed E-state index contributed by atoms with van der Waals surface area (Å²) < 4.78 is 10.6. The van der Waals surface area contributed by atoms with Crippen molar-refractivity contribution in [1.29, 1.82) is 0 Å². The minimum absolute atomic E-state index is 0.0292. The fourth-order valence-corrected chi connectivity index (χ4v) is 5.52. The zero-order valence-corrected chi connectivity index (χ0v) is 20.2. The second kappa shape index (κ2) is 11.1. The van der Waals surface area contributed by atoms with Gasteiger partial charge in [0, 0.05) is 19.1 Å². The summed E-state index contributed by atoms with van der Waals surface area (Å²) in [5.41, 5.74) is 0.920. The summed E-state index contributed by atoms with van der Waals surface area (Å²) in [7, 11) is 3.13. The molecule has 9 nitrogen and oxygen atoms in total. The van der Waals surface area contributed by atoms with Crippen molar-refractivity contribution >= 4 is 17.8 Å². The third kappa shape index (κ3) is 5.46. The molecule has 0 spiro atoms. The van der Waals surface area contributed by atoms with Crippen molar-refractivity contribution in [3.05, 3.63) is 23.8 Å². The van der Waals surface area contributed by atoms with Crippen LogP contribution in [0, 0.1) is 5.92 Å². The van der Waals surface area contributed by atoms with Crippen molar-refractivity contribution in [3.8, 4) is 11.5 Å². The molecule has 186 valence electrons. The minimum atomic E-state index is -0.810. The Morgan fingerprint density at radius 3 is 2.68 bits per heavy atom.